The number of amides is 2. The molecule has 0 aliphatic carbocycles. The lowest BCUT2D eigenvalue weighted by Crippen LogP contribution is -2.50. The molecular weight excluding hydrogens is 304 g/mol. The van der Waals surface area contributed by atoms with E-state index in [0.29, 0.717) is 12.8 Å². The molecule has 1 aromatic rings. The Morgan fingerprint density at radius 1 is 1.46 bits per heavy atom. The van der Waals surface area contributed by atoms with Crippen LogP contribution in [0.3, 0.4) is 0 Å². The van der Waals surface area contributed by atoms with Gasteiger partial charge in [-0.25, -0.2) is 0 Å². The first-order chi connectivity index (χ1) is 11.2. The summed E-state index contributed by atoms with van der Waals surface area (Å²) in [5, 5.41) is 10.3. The van der Waals surface area contributed by atoms with Crippen LogP contribution in [0.1, 0.15) is 65.2 Å². The molecule has 130 valence electrons. The molecule has 2 atom stereocenters. The van der Waals surface area contributed by atoms with Gasteiger partial charge < -0.3 is 10.6 Å². The number of hydrogen-bond acceptors (Lipinski definition) is 3. The zero-order valence-corrected chi connectivity index (χ0v) is 15.0. The summed E-state index contributed by atoms with van der Waals surface area (Å²) in [6.45, 7) is 9.93. The average molecular weight is 330 g/mol. The van der Waals surface area contributed by atoms with Crippen LogP contribution in [0, 0.1) is 17.3 Å². The molecule has 0 radical (unpaired) electrons. The Bertz CT molecular complexity index is 673. The summed E-state index contributed by atoms with van der Waals surface area (Å²) in [4.78, 5) is 24.0. The van der Waals surface area contributed by atoms with Gasteiger partial charge in [0.1, 0.15) is 0 Å². The highest BCUT2D eigenvalue weighted by Crippen LogP contribution is 2.25. The molecule has 2 amide bonds. The number of aromatic nitrogens is 2. The third-order valence-electron chi connectivity index (χ3n) is 3.78. The summed E-state index contributed by atoms with van der Waals surface area (Å²) in [6.07, 6.45) is 2.70. The van der Waals surface area contributed by atoms with Crippen LogP contribution < -0.4 is 10.6 Å². The fourth-order valence-electron chi connectivity index (χ4n) is 2.69. The van der Waals surface area contributed by atoms with Crippen molar-refractivity contribution in [3.05, 3.63) is 18.0 Å². The number of nitrogens with one attached hydrogen (secondary N) is 2. The smallest absolute Gasteiger partial charge is 0.296 e. The van der Waals surface area contributed by atoms with Crippen LogP contribution in [-0.2, 0) is 9.59 Å². The highest BCUT2D eigenvalue weighted by Gasteiger charge is 2.33. The van der Waals surface area contributed by atoms with E-state index in [-0.39, 0.29) is 35.4 Å². The van der Waals surface area contributed by atoms with Gasteiger partial charge in [0.25, 0.3) is 5.91 Å². The van der Waals surface area contributed by atoms with E-state index in [2.05, 4.69) is 27.6 Å². The number of hydrogen-bond donors (Lipinski definition) is 2. The van der Waals surface area contributed by atoms with E-state index in [1.807, 2.05) is 45.4 Å². The summed E-state index contributed by atoms with van der Waals surface area (Å²) >= 11 is 0. The van der Waals surface area contributed by atoms with Crippen LogP contribution in [-0.4, -0.2) is 27.6 Å². The molecule has 2 rings (SSSR count). The molecule has 6 heteroatoms. The second kappa shape index (κ2) is 7.08. The second-order valence-electron chi connectivity index (χ2n) is 7.46. The van der Waals surface area contributed by atoms with E-state index >= 15 is 0 Å². The first-order valence-corrected chi connectivity index (χ1v) is 8.34. The van der Waals surface area contributed by atoms with E-state index in [1.165, 1.54) is 0 Å². The molecule has 1 aliphatic rings. The Labute approximate surface area is 143 Å². The fraction of sp³-hybridized carbons (Fsp3) is 0.611. The SMILES string of the molecule is CC(C)n1nccc1[C@@H]1NC(=O)CC[C@H]1NC(=O)C#CC(C)(C)C. The molecule has 2 N–H and O–H groups in total. The largest absolute Gasteiger partial charge is 0.346 e. The van der Waals surface area contributed by atoms with Crippen molar-refractivity contribution in [2.45, 2.75) is 65.6 Å². The zero-order chi connectivity index (χ0) is 17.9. The summed E-state index contributed by atoms with van der Waals surface area (Å²) in [5.74, 6) is 5.26. The van der Waals surface area contributed by atoms with Crippen molar-refractivity contribution in [3.8, 4) is 11.8 Å². The third kappa shape index (κ3) is 4.60. The monoisotopic (exact) mass is 330 g/mol. The van der Waals surface area contributed by atoms with Crippen LogP contribution in [0.4, 0.5) is 0 Å². The van der Waals surface area contributed by atoms with Gasteiger partial charge in [-0.1, -0.05) is 5.92 Å². The molecule has 2 heterocycles. The van der Waals surface area contributed by atoms with Crippen LogP contribution in [0.2, 0.25) is 0 Å². The van der Waals surface area contributed by atoms with Gasteiger partial charge in [0.15, 0.2) is 0 Å². The van der Waals surface area contributed by atoms with Crippen molar-refractivity contribution in [2.24, 2.45) is 5.41 Å². The Balaban J connectivity index is 2.20. The summed E-state index contributed by atoms with van der Waals surface area (Å²) < 4.78 is 1.87. The summed E-state index contributed by atoms with van der Waals surface area (Å²) in [5.41, 5.74) is 0.667. The number of nitrogens with zero attached hydrogens (tertiary/aromatic N) is 2. The Morgan fingerprint density at radius 3 is 2.79 bits per heavy atom. The van der Waals surface area contributed by atoms with Gasteiger partial charge in [-0.2, -0.15) is 5.10 Å². The number of piperidine rings is 1. The summed E-state index contributed by atoms with van der Waals surface area (Å²) in [7, 11) is 0. The molecule has 1 fully saturated rings. The van der Waals surface area contributed by atoms with Crippen molar-refractivity contribution in [3.63, 3.8) is 0 Å². The van der Waals surface area contributed by atoms with Crippen LogP contribution in [0.5, 0.6) is 0 Å². The van der Waals surface area contributed by atoms with Crippen molar-refractivity contribution >= 4 is 11.8 Å². The minimum absolute atomic E-state index is 0.0113. The maximum Gasteiger partial charge on any atom is 0.296 e. The maximum atomic E-state index is 12.2. The van der Waals surface area contributed by atoms with Crippen molar-refractivity contribution in [1.29, 1.82) is 0 Å². The lowest BCUT2D eigenvalue weighted by molar-refractivity contribution is -0.125. The third-order valence-corrected chi connectivity index (χ3v) is 3.78. The first kappa shape index (κ1) is 18.1. The molecule has 0 saturated carbocycles. The molecule has 6 nitrogen and oxygen atoms in total. The van der Waals surface area contributed by atoms with Gasteiger partial charge >= 0.3 is 0 Å². The van der Waals surface area contributed by atoms with Crippen molar-refractivity contribution in [1.82, 2.24) is 20.4 Å². The van der Waals surface area contributed by atoms with E-state index in [0.717, 1.165) is 5.69 Å². The number of rotatable bonds is 3. The second-order valence-corrected chi connectivity index (χ2v) is 7.46. The van der Waals surface area contributed by atoms with Gasteiger partial charge in [-0.15, -0.1) is 0 Å². The van der Waals surface area contributed by atoms with E-state index in [9.17, 15) is 9.59 Å². The minimum Gasteiger partial charge on any atom is -0.346 e. The molecule has 0 bridgehead atoms. The predicted molar refractivity (Wildman–Crippen MR) is 91.9 cm³/mol. The Morgan fingerprint density at radius 2 is 2.17 bits per heavy atom. The van der Waals surface area contributed by atoms with Crippen molar-refractivity contribution in [2.75, 3.05) is 0 Å². The molecular formula is C18H26N4O2. The molecule has 24 heavy (non-hydrogen) atoms. The average Bonchev–Trinajstić information content (AvgIpc) is 2.96. The number of carbonyl (C=O) groups is 2. The van der Waals surface area contributed by atoms with Crippen molar-refractivity contribution < 1.29 is 9.59 Å². The van der Waals surface area contributed by atoms with Gasteiger partial charge in [0.2, 0.25) is 5.91 Å². The fourth-order valence-corrected chi connectivity index (χ4v) is 2.69. The summed E-state index contributed by atoms with van der Waals surface area (Å²) in [6, 6.07) is 1.57. The quantitative estimate of drug-likeness (QED) is 0.832. The lowest BCUT2D eigenvalue weighted by Gasteiger charge is -2.33. The molecule has 0 spiro atoms. The maximum absolute atomic E-state index is 12.2. The van der Waals surface area contributed by atoms with Gasteiger partial charge in [-0.05, 0) is 53.0 Å². The predicted octanol–water partition coefficient (Wildman–Crippen LogP) is 1.95. The normalized spacial score (nSPS) is 21.0. The first-order valence-electron chi connectivity index (χ1n) is 8.34. The minimum atomic E-state index is -0.313. The van der Waals surface area contributed by atoms with E-state index < -0.39 is 0 Å². The molecule has 0 aromatic carbocycles. The van der Waals surface area contributed by atoms with Gasteiger partial charge in [0.05, 0.1) is 17.8 Å². The highest BCUT2D eigenvalue weighted by molar-refractivity contribution is 5.94. The van der Waals surface area contributed by atoms with Gasteiger partial charge in [-0.3, -0.25) is 14.3 Å². The molecule has 1 aliphatic heterocycles. The Kier molecular flexibility index (Phi) is 5.33. The van der Waals surface area contributed by atoms with E-state index in [4.69, 9.17) is 0 Å². The molecule has 1 aromatic heterocycles. The topological polar surface area (TPSA) is 76.0 Å². The zero-order valence-electron chi connectivity index (χ0n) is 15.0. The van der Waals surface area contributed by atoms with Crippen LogP contribution in [0.15, 0.2) is 12.3 Å². The van der Waals surface area contributed by atoms with Crippen LogP contribution in [0.25, 0.3) is 0 Å². The molecule has 1 saturated heterocycles. The number of carbonyl (C=O) groups excluding carboxylic acids is 2. The lowest BCUT2D eigenvalue weighted by atomic mass is 9.94. The van der Waals surface area contributed by atoms with Crippen LogP contribution >= 0.6 is 0 Å². The molecule has 0 unspecified atom stereocenters. The van der Waals surface area contributed by atoms with Gasteiger partial charge in [0, 0.05) is 24.1 Å². The van der Waals surface area contributed by atoms with E-state index in [1.54, 1.807) is 6.20 Å². The standard InChI is InChI=1S/C18H26N4O2/c1-12(2)22-14(9-11-19-22)17-13(6-7-15(23)21-17)20-16(24)8-10-18(3,4)5/h9,11-13,17H,6-7H2,1-5H3,(H,20,24)(H,21,23)/t13-,17-/m1/s1. The highest BCUT2D eigenvalue weighted by atomic mass is 16.2. The Hall–Kier alpha value is -2.29.